The first-order chi connectivity index (χ1) is 13.9. The van der Waals surface area contributed by atoms with Gasteiger partial charge in [0.25, 0.3) is 5.91 Å². The number of rotatable bonds is 5. The number of aromatic nitrogens is 1. The number of thiazole rings is 1. The second kappa shape index (κ2) is 8.63. The molecule has 0 bridgehead atoms. The van der Waals surface area contributed by atoms with Crippen molar-refractivity contribution in [3.63, 3.8) is 0 Å². The molecule has 0 radical (unpaired) electrons. The van der Waals surface area contributed by atoms with Gasteiger partial charge in [-0.25, -0.2) is 0 Å². The van der Waals surface area contributed by atoms with Gasteiger partial charge in [0.2, 0.25) is 5.91 Å². The minimum Gasteiger partial charge on any atom is -0.497 e. The highest BCUT2D eigenvalue weighted by atomic mass is 32.1. The summed E-state index contributed by atoms with van der Waals surface area (Å²) in [6, 6.07) is 10.3. The molecular weight excluding hydrogens is 390 g/mol. The van der Waals surface area contributed by atoms with Crippen molar-refractivity contribution in [3.05, 3.63) is 46.8 Å². The molecule has 2 amide bonds. The number of carbonyl (C=O) groups is 2. The number of nitrogens with one attached hydrogen (secondary N) is 1. The molecule has 1 N–H and O–H groups in total. The number of carbonyl (C=O) groups excluding carboxylic acids is 2. The molecule has 0 spiro atoms. The number of ether oxygens (including phenoxy) is 2. The Kier molecular flexibility index (Phi) is 6.00. The van der Waals surface area contributed by atoms with Crippen molar-refractivity contribution < 1.29 is 19.1 Å². The summed E-state index contributed by atoms with van der Waals surface area (Å²) in [4.78, 5) is 28.8. The molecule has 7 nitrogen and oxygen atoms in total. The predicted molar refractivity (Wildman–Crippen MR) is 112 cm³/mol. The molecule has 0 aliphatic carbocycles. The number of anilines is 1. The van der Waals surface area contributed by atoms with Crippen molar-refractivity contribution >= 4 is 39.1 Å². The van der Waals surface area contributed by atoms with Gasteiger partial charge in [-0.3, -0.25) is 9.59 Å². The predicted octanol–water partition coefficient (Wildman–Crippen LogP) is 3.05. The van der Waals surface area contributed by atoms with Crippen molar-refractivity contribution in [1.29, 1.82) is 0 Å². The van der Waals surface area contributed by atoms with E-state index in [0.717, 1.165) is 10.2 Å². The number of terminal acetylenes is 1. The molecule has 8 heteroatoms. The van der Waals surface area contributed by atoms with Crippen molar-refractivity contribution in [2.45, 2.75) is 13.5 Å². The number of methoxy groups -OCH3 is 2. The number of hydrogen-bond acceptors (Lipinski definition) is 5. The molecule has 1 aromatic heterocycles. The second-order valence-corrected chi connectivity index (χ2v) is 7.07. The number of fused-ring (bicyclic) bond motifs is 1. The Morgan fingerprint density at radius 1 is 1.17 bits per heavy atom. The number of hydrogen-bond donors (Lipinski definition) is 1. The quantitative estimate of drug-likeness (QED) is 0.657. The molecule has 0 aliphatic rings. The van der Waals surface area contributed by atoms with E-state index >= 15 is 0 Å². The molecule has 0 fully saturated rings. The lowest BCUT2D eigenvalue weighted by Gasteiger charge is -2.06. The van der Waals surface area contributed by atoms with E-state index in [4.69, 9.17) is 15.9 Å². The normalized spacial score (nSPS) is 11.2. The van der Waals surface area contributed by atoms with Crippen LogP contribution in [-0.2, 0) is 11.3 Å². The molecule has 3 aromatic rings. The van der Waals surface area contributed by atoms with Crippen LogP contribution >= 0.6 is 11.3 Å². The summed E-state index contributed by atoms with van der Waals surface area (Å²) in [6.07, 6.45) is 5.51. The van der Waals surface area contributed by atoms with E-state index in [0.29, 0.717) is 27.6 Å². The largest absolute Gasteiger partial charge is 0.497 e. The summed E-state index contributed by atoms with van der Waals surface area (Å²) in [5, 5.41) is 2.74. The van der Waals surface area contributed by atoms with Crippen LogP contribution in [0.4, 0.5) is 5.69 Å². The maximum absolute atomic E-state index is 12.8. The lowest BCUT2D eigenvalue weighted by molar-refractivity contribution is -0.114. The highest BCUT2D eigenvalue weighted by Crippen LogP contribution is 2.24. The SMILES string of the molecule is C#CCn1c(=NC(=O)c2cc(OC)cc(OC)c2)sc2cc(NC(C)=O)ccc21. The zero-order valence-electron chi connectivity index (χ0n) is 16.2. The van der Waals surface area contributed by atoms with Gasteiger partial charge in [0.1, 0.15) is 11.5 Å². The molecule has 1 heterocycles. The number of benzene rings is 2. The summed E-state index contributed by atoms with van der Waals surface area (Å²) in [6.45, 7) is 1.70. The fraction of sp³-hybridized carbons (Fsp3) is 0.190. The minimum absolute atomic E-state index is 0.163. The van der Waals surface area contributed by atoms with Crippen molar-refractivity contribution in [2.75, 3.05) is 19.5 Å². The third kappa shape index (κ3) is 4.47. The molecule has 148 valence electrons. The van der Waals surface area contributed by atoms with Crippen LogP contribution in [0.2, 0.25) is 0 Å². The van der Waals surface area contributed by atoms with Gasteiger partial charge < -0.3 is 19.4 Å². The maximum Gasteiger partial charge on any atom is 0.279 e. The molecule has 3 rings (SSSR count). The van der Waals surface area contributed by atoms with Gasteiger partial charge in [-0.1, -0.05) is 17.3 Å². The average molecular weight is 409 g/mol. The molecule has 2 aromatic carbocycles. The Balaban J connectivity index is 2.11. The van der Waals surface area contributed by atoms with Crippen molar-refractivity contribution in [3.8, 4) is 23.8 Å². The fourth-order valence-corrected chi connectivity index (χ4v) is 3.83. The summed E-state index contributed by atoms with van der Waals surface area (Å²) in [5.41, 5.74) is 1.83. The van der Waals surface area contributed by atoms with Crippen molar-refractivity contribution in [1.82, 2.24) is 4.57 Å². The van der Waals surface area contributed by atoms with Crippen LogP contribution in [0.25, 0.3) is 10.2 Å². The zero-order chi connectivity index (χ0) is 21.0. The summed E-state index contributed by atoms with van der Waals surface area (Å²) < 4.78 is 13.1. The summed E-state index contributed by atoms with van der Waals surface area (Å²) in [7, 11) is 3.03. The highest BCUT2D eigenvalue weighted by Gasteiger charge is 2.12. The monoisotopic (exact) mass is 409 g/mol. The first-order valence-corrected chi connectivity index (χ1v) is 9.43. The highest BCUT2D eigenvalue weighted by molar-refractivity contribution is 7.16. The number of amides is 2. The third-order valence-corrected chi connectivity index (χ3v) is 5.09. The molecule has 29 heavy (non-hydrogen) atoms. The minimum atomic E-state index is -0.443. The Labute approximate surface area is 171 Å². The molecular formula is C21H19N3O4S. The Hall–Kier alpha value is -3.57. The Morgan fingerprint density at radius 3 is 2.45 bits per heavy atom. The first kappa shape index (κ1) is 20.2. The summed E-state index contributed by atoms with van der Waals surface area (Å²) >= 11 is 1.31. The first-order valence-electron chi connectivity index (χ1n) is 8.61. The average Bonchev–Trinajstić information content (AvgIpc) is 3.03. The molecule has 0 unspecified atom stereocenters. The molecule has 0 atom stereocenters. The van der Waals surface area contributed by atoms with Gasteiger partial charge in [-0.05, 0) is 30.3 Å². The Bertz CT molecular complexity index is 1180. The van der Waals surface area contributed by atoms with Gasteiger partial charge in [-0.15, -0.1) is 6.42 Å². The second-order valence-electron chi connectivity index (χ2n) is 6.06. The van der Waals surface area contributed by atoms with Gasteiger partial charge in [0, 0.05) is 24.2 Å². The topological polar surface area (TPSA) is 81.9 Å². The van der Waals surface area contributed by atoms with Gasteiger partial charge in [-0.2, -0.15) is 4.99 Å². The van der Waals surface area contributed by atoms with Gasteiger partial charge >= 0.3 is 0 Å². The van der Waals surface area contributed by atoms with Crippen LogP contribution in [0.15, 0.2) is 41.4 Å². The number of nitrogens with zero attached hydrogens (tertiary/aromatic N) is 2. The van der Waals surface area contributed by atoms with E-state index in [1.165, 1.54) is 32.5 Å². The Morgan fingerprint density at radius 2 is 1.86 bits per heavy atom. The van der Waals surface area contributed by atoms with E-state index in [9.17, 15) is 9.59 Å². The van der Waals surface area contributed by atoms with Crippen LogP contribution in [0.5, 0.6) is 11.5 Å². The lowest BCUT2D eigenvalue weighted by atomic mass is 10.2. The van der Waals surface area contributed by atoms with Crippen LogP contribution in [0.1, 0.15) is 17.3 Å². The maximum atomic E-state index is 12.8. The third-order valence-electron chi connectivity index (χ3n) is 4.05. The standard InChI is InChI=1S/C21H19N3O4S/c1-5-8-24-18-7-6-15(22-13(2)25)11-19(18)29-21(24)23-20(26)14-9-16(27-3)12-17(10-14)28-4/h1,6-7,9-12H,8H2,2-4H3,(H,22,25). The fourth-order valence-electron chi connectivity index (χ4n) is 2.77. The van der Waals surface area contributed by atoms with E-state index < -0.39 is 5.91 Å². The van der Waals surface area contributed by atoms with E-state index in [1.54, 1.807) is 28.8 Å². The van der Waals surface area contributed by atoms with Crippen LogP contribution in [-0.4, -0.2) is 30.6 Å². The molecule has 0 aliphatic heterocycles. The van der Waals surface area contributed by atoms with Crippen LogP contribution in [0, 0.1) is 12.3 Å². The van der Waals surface area contributed by atoms with Crippen LogP contribution in [0.3, 0.4) is 0 Å². The molecule has 0 saturated carbocycles. The zero-order valence-corrected chi connectivity index (χ0v) is 17.0. The molecule has 0 saturated heterocycles. The van der Waals surface area contributed by atoms with Gasteiger partial charge in [0.05, 0.1) is 31.0 Å². The lowest BCUT2D eigenvalue weighted by Crippen LogP contribution is -2.16. The summed E-state index contributed by atoms with van der Waals surface area (Å²) in [5.74, 6) is 2.97. The van der Waals surface area contributed by atoms with Crippen LogP contribution < -0.4 is 19.6 Å². The van der Waals surface area contributed by atoms with E-state index in [2.05, 4.69) is 16.2 Å². The van der Waals surface area contributed by atoms with E-state index in [1.807, 2.05) is 12.1 Å². The van der Waals surface area contributed by atoms with Gasteiger partial charge in [0.15, 0.2) is 4.80 Å². The van der Waals surface area contributed by atoms with E-state index in [-0.39, 0.29) is 12.5 Å². The van der Waals surface area contributed by atoms with Crippen molar-refractivity contribution in [2.24, 2.45) is 4.99 Å². The smallest absolute Gasteiger partial charge is 0.279 e.